The van der Waals surface area contributed by atoms with Gasteiger partial charge in [-0.05, 0) is 61.4 Å². The molecule has 0 spiro atoms. The summed E-state index contributed by atoms with van der Waals surface area (Å²) in [5.41, 5.74) is 3.37. The van der Waals surface area contributed by atoms with Gasteiger partial charge in [0.15, 0.2) is 0 Å². The zero-order valence-electron chi connectivity index (χ0n) is 20.0. The third kappa shape index (κ3) is 6.14. The fraction of sp³-hybridized carbons (Fsp3) is 0.481. The largest absolute Gasteiger partial charge is 0.369 e. The van der Waals surface area contributed by atoms with Gasteiger partial charge in [-0.25, -0.2) is 0 Å². The molecule has 2 aromatic carbocycles. The molecule has 0 bridgehead atoms. The Morgan fingerprint density at radius 2 is 1.73 bits per heavy atom. The van der Waals surface area contributed by atoms with Crippen molar-refractivity contribution in [2.45, 2.75) is 39.7 Å². The van der Waals surface area contributed by atoms with Crippen molar-refractivity contribution in [3.05, 3.63) is 59.7 Å². The highest BCUT2D eigenvalue weighted by Crippen LogP contribution is 2.30. The molecule has 1 heterocycles. The maximum atomic E-state index is 13.1. The zero-order valence-corrected chi connectivity index (χ0v) is 20.0. The van der Waals surface area contributed by atoms with Crippen LogP contribution in [0.25, 0.3) is 0 Å². The highest BCUT2D eigenvalue weighted by Gasteiger charge is 2.27. The number of piperazine rings is 1. The van der Waals surface area contributed by atoms with E-state index in [1.807, 2.05) is 57.2 Å². The molecule has 1 atom stereocenters. The first kappa shape index (κ1) is 23.3. The van der Waals surface area contributed by atoms with Gasteiger partial charge in [-0.15, -0.1) is 0 Å². The van der Waals surface area contributed by atoms with E-state index in [-0.39, 0.29) is 17.7 Å². The maximum absolute atomic E-state index is 13.1. The summed E-state index contributed by atoms with van der Waals surface area (Å²) in [5, 5.41) is 5.96. The Morgan fingerprint density at radius 3 is 2.39 bits per heavy atom. The Hall–Kier alpha value is -2.86. The predicted octanol–water partition coefficient (Wildman–Crippen LogP) is 3.92. The van der Waals surface area contributed by atoms with Gasteiger partial charge in [-0.3, -0.25) is 14.5 Å². The predicted molar refractivity (Wildman–Crippen MR) is 134 cm³/mol. The molecule has 0 radical (unpaired) electrons. The third-order valence-corrected chi connectivity index (χ3v) is 6.69. The Bertz CT molecular complexity index is 978. The summed E-state index contributed by atoms with van der Waals surface area (Å²) >= 11 is 0. The lowest BCUT2D eigenvalue weighted by Crippen LogP contribution is -2.47. The van der Waals surface area contributed by atoms with E-state index >= 15 is 0 Å². The van der Waals surface area contributed by atoms with Crippen molar-refractivity contribution >= 4 is 23.2 Å². The van der Waals surface area contributed by atoms with Gasteiger partial charge in [0, 0.05) is 49.7 Å². The fourth-order valence-electron chi connectivity index (χ4n) is 4.44. The number of hydrogen-bond donors (Lipinski definition) is 2. The molecule has 1 aliphatic heterocycles. The number of nitrogens with zero attached hydrogens (tertiary/aromatic N) is 2. The smallest absolute Gasteiger partial charge is 0.252 e. The van der Waals surface area contributed by atoms with Crippen molar-refractivity contribution in [1.82, 2.24) is 10.2 Å². The average molecular weight is 449 g/mol. The molecule has 4 rings (SSSR count). The Morgan fingerprint density at radius 1 is 1.00 bits per heavy atom. The summed E-state index contributed by atoms with van der Waals surface area (Å²) in [4.78, 5) is 30.9. The summed E-state index contributed by atoms with van der Waals surface area (Å²) in [6, 6.07) is 14.8. The number of amides is 2. The van der Waals surface area contributed by atoms with E-state index in [0.717, 1.165) is 49.0 Å². The van der Waals surface area contributed by atoms with Crippen LogP contribution in [0.5, 0.6) is 0 Å². The zero-order chi connectivity index (χ0) is 23.4. The van der Waals surface area contributed by atoms with Crippen LogP contribution in [-0.2, 0) is 4.79 Å². The van der Waals surface area contributed by atoms with Crippen LogP contribution in [0.15, 0.2) is 48.5 Å². The number of carbonyl (C=O) groups excluding carboxylic acids is 2. The van der Waals surface area contributed by atoms with Crippen molar-refractivity contribution < 1.29 is 9.59 Å². The lowest BCUT2D eigenvalue weighted by molar-refractivity contribution is -0.118. The Labute approximate surface area is 197 Å². The molecule has 33 heavy (non-hydrogen) atoms. The SMILES string of the molecule is Cc1ccccc1C(=O)NC(C(=O)Nc1cccc(N2CCN(CC3CC3)CC2)c1)C(C)C. The molecule has 176 valence electrons. The summed E-state index contributed by atoms with van der Waals surface area (Å²) in [5.74, 6) is 0.467. The highest BCUT2D eigenvalue weighted by atomic mass is 16.2. The van der Waals surface area contributed by atoms with Gasteiger partial charge in [-0.1, -0.05) is 38.1 Å². The van der Waals surface area contributed by atoms with Gasteiger partial charge in [0.25, 0.3) is 5.91 Å². The number of carbonyl (C=O) groups is 2. The first-order valence-corrected chi connectivity index (χ1v) is 12.2. The molecule has 2 aliphatic rings. The van der Waals surface area contributed by atoms with Crippen LogP contribution in [0.2, 0.25) is 0 Å². The molecule has 1 saturated carbocycles. The lowest BCUT2D eigenvalue weighted by atomic mass is 10.0. The van der Waals surface area contributed by atoms with Crippen molar-refractivity contribution in [2.75, 3.05) is 42.9 Å². The maximum Gasteiger partial charge on any atom is 0.252 e. The molecule has 6 nitrogen and oxygen atoms in total. The van der Waals surface area contributed by atoms with Crippen molar-refractivity contribution in [1.29, 1.82) is 0 Å². The summed E-state index contributed by atoms with van der Waals surface area (Å²) in [7, 11) is 0. The van der Waals surface area contributed by atoms with E-state index in [0.29, 0.717) is 5.56 Å². The third-order valence-electron chi connectivity index (χ3n) is 6.69. The van der Waals surface area contributed by atoms with E-state index in [4.69, 9.17) is 0 Å². The van der Waals surface area contributed by atoms with Crippen LogP contribution >= 0.6 is 0 Å². The topological polar surface area (TPSA) is 64.7 Å². The van der Waals surface area contributed by atoms with E-state index < -0.39 is 6.04 Å². The minimum atomic E-state index is -0.619. The molecule has 1 saturated heterocycles. The van der Waals surface area contributed by atoms with E-state index in [9.17, 15) is 9.59 Å². The molecular weight excluding hydrogens is 412 g/mol. The average Bonchev–Trinajstić information content (AvgIpc) is 3.62. The van der Waals surface area contributed by atoms with Gasteiger partial charge in [0.05, 0.1) is 0 Å². The van der Waals surface area contributed by atoms with Crippen molar-refractivity contribution in [2.24, 2.45) is 11.8 Å². The summed E-state index contributed by atoms with van der Waals surface area (Å²) in [6.45, 7) is 11.2. The standard InChI is InChI=1S/C27H36N4O2/c1-19(2)25(29-26(32)24-10-5-4-7-20(24)3)27(33)28-22-8-6-9-23(17-22)31-15-13-30(14-16-31)18-21-11-12-21/h4-10,17,19,21,25H,11-16,18H2,1-3H3,(H,28,33)(H,29,32). The first-order valence-electron chi connectivity index (χ1n) is 12.2. The molecule has 2 fully saturated rings. The van der Waals surface area contributed by atoms with Crippen LogP contribution < -0.4 is 15.5 Å². The van der Waals surface area contributed by atoms with Crippen LogP contribution in [0.1, 0.15) is 42.6 Å². The molecule has 2 aromatic rings. The van der Waals surface area contributed by atoms with Crippen LogP contribution in [-0.4, -0.2) is 55.5 Å². The monoisotopic (exact) mass is 448 g/mol. The number of aryl methyl sites for hydroxylation is 1. The summed E-state index contributed by atoms with van der Waals surface area (Å²) < 4.78 is 0. The molecule has 1 unspecified atom stereocenters. The highest BCUT2D eigenvalue weighted by molar-refractivity contribution is 6.02. The lowest BCUT2D eigenvalue weighted by Gasteiger charge is -2.36. The quantitative estimate of drug-likeness (QED) is 0.643. The van der Waals surface area contributed by atoms with Crippen molar-refractivity contribution in [3.63, 3.8) is 0 Å². The van der Waals surface area contributed by atoms with Gasteiger partial charge in [0.1, 0.15) is 6.04 Å². The molecule has 2 amide bonds. The summed E-state index contributed by atoms with van der Waals surface area (Å²) in [6.07, 6.45) is 2.79. The number of nitrogens with one attached hydrogen (secondary N) is 2. The molecule has 0 aromatic heterocycles. The number of rotatable bonds is 8. The minimum Gasteiger partial charge on any atom is -0.369 e. The number of anilines is 2. The van der Waals surface area contributed by atoms with Crippen molar-refractivity contribution in [3.8, 4) is 0 Å². The molecule has 1 aliphatic carbocycles. The van der Waals surface area contributed by atoms with E-state index in [1.165, 1.54) is 19.4 Å². The van der Waals surface area contributed by atoms with Crippen LogP contribution in [0.4, 0.5) is 11.4 Å². The van der Waals surface area contributed by atoms with Gasteiger partial charge >= 0.3 is 0 Å². The van der Waals surface area contributed by atoms with Gasteiger partial charge in [-0.2, -0.15) is 0 Å². The second kappa shape index (κ2) is 10.4. The second-order valence-corrected chi connectivity index (χ2v) is 9.78. The van der Waals surface area contributed by atoms with Gasteiger partial charge in [0.2, 0.25) is 5.91 Å². The minimum absolute atomic E-state index is 0.0410. The van der Waals surface area contributed by atoms with Crippen LogP contribution in [0.3, 0.4) is 0 Å². The van der Waals surface area contributed by atoms with E-state index in [1.54, 1.807) is 6.07 Å². The first-order chi connectivity index (χ1) is 15.9. The normalized spacial score (nSPS) is 17.6. The molecule has 2 N–H and O–H groups in total. The Kier molecular flexibility index (Phi) is 7.33. The second-order valence-electron chi connectivity index (χ2n) is 9.78. The van der Waals surface area contributed by atoms with Gasteiger partial charge < -0.3 is 15.5 Å². The number of benzene rings is 2. The molecular formula is C27H36N4O2. The van der Waals surface area contributed by atoms with Crippen LogP contribution in [0, 0.1) is 18.8 Å². The fourth-order valence-corrected chi connectivity index (χ4v) is 4.44. The Balaban J connectivity index is 1.37. The number of hydrogen-bond acceptors (Lipinski definition) is 4. The van der Waals surface area contributed by atoms with E-state index in [2.05, 4.69) is 26.5 Å². The molecule has 6 heteroatoms.